The molecule has 1 aromatic rings. The monoisotopic (exact) mass is 362 g/mol. The summed E-state index contributed by atoms with van der Waals surface area (Å²) in [6.45, 7) is 5.49. The molecule has 0 spiro atoms. The minimum atomic E-state index is -0.296. The molecule has 7 heteroatoms. The highest BCUT2D eigenvalue weighted by Crippen LogP contribution is 2.24. The Hall–Kier alpha value is -2.05. The molecule has 2 saturated heterocycles. The molecule has 2 aliphatic heterocycles. The first-order valence-corrected chi connectivity index (χ1v) is 9.87. The number of nitrogens with zero attached hydrogens (tertiary/aromatic N) is 4. The molecule has 26 heavy (non-hydrogen) atoms. The Labute approximate surface area is 154 Å². The fraction of sp³-hybridized carbons (Fsp3) is 0.737. The fourth-order valence-corrected chi connectivity index (χ4v) is 4.15. The summed E-state index contributed by atoms with van der Waals surface area (Å²) in [5.41, 5.74) is -0.591. The van der Waals surface area contributed by atoms with Gasteiger partial charge in [-0.05, 0) is 32.6 Å². The van der Waals surface area contributed by atoms with Crippen molar-refractivity contribution in [1.29, 1.82) is 0 Å². The third-order valence-electron chi connectivity index (χ3n) is 5.71. The third kappa shape index (κ3) is 3.71. The van der Waals surface area contributed by atoms with Crippen molar-refractivity contribution in [2.24, 2.45) is 13.0 Å². The number of carbonyl (C=O) groups excluding carboxylic acids is 1. The maximum absolute atomic E-state index is 13.0. The number of likely N-dealkylation sites (tertiary alicyclic amines) is 1. The maximum atomic E-state index is 13.0. The number of carbonyl (C=O) groups is 1. The Kier molecular flexibility index (Phi) is 5.84. The van der Waals surface area contributed by atoms with Gasteiger partial charge in [0.2, 0.25) is 5.91 Å². The van der Waals surface area contributed by atoms with Gasteiger partial charge in [-0.15, -0.1) is 0 Å². The van der Waals surface area contributed by atoms with Gasteiger partial charge in [0.05, 0.1) is 5.92 Å². The van der Waals surface area contributed by atoms with Gasteiger partial charge in [-0.25, -0.2) is 4.79 Å². The summed E-state index contributed by atoms with van der Waals surface area (Å²) in [5, 5.41) is 0. The predicted molar refractivity (Wildman–Crippen MR) is 102 cm³/mol. The lowest BCUT2D eigenvalue weighted by atomic mass is 9.96. The van der Waals surface area contributed by atoms with E-state index >= 15 is 0 Å². The summed E-state index contributed by atoms with van der Waals surface area (Å²) in [7, 11) is 1.50. The van der Waals surface area contributed by atoms with Crippen LogP contribution in [-0.4, -0.2) is 46.1 Å². The van der Waals surface area contributed by atoms with Gasteiger partial charge >= 0.3 is 5.69 Å². The second kappa shape index (κ2) is 8.10. The molecule has 7 nitrogen and oxygen atoms in total. The van der Waals surface area contributed by atoms with Crippen LogP contribution in [0.25, 0.3) is 0 Å². The van der Waals surface area contributed by atoms with E-state index in [9.17, 15) is 14.4 Å². The van der Waals surface area contributed by atoms with Crippen LogP contribution in [0.4, 0.5) is 5.82 Å². The SMILES string of the molecule is CCn1c(N2CCCC(C(=O)N3CCCCCC3)C2)cc(=O)n(C)c1=O. The molecular formula is C19H30N4O3. The van der Waals surface area contributed by atoms with Crippen LogP contribution < -0.4 is 16.1 Å². The van der Waals surface area contributed by atoms with Crippen LogP contribution in [0.2, 0.25) is 0 Å². The molecule has 1 unspecified atom stereocenters. The zero-order valence-corrected chi connectivity index (χ0v) is 15.9. The average Bonchev–Trinajstić information content (AvgIpc) is 2.95. The molecule has 3 heterocycles. The predicted octanol–water partition coefficient (Wildman–Crippen LogP) is 1.19. The quantitative estimate of drug-likeness (QED) is 0.810. The summed E-state index contributed by atoms with van der Waals surface area (Å²) < 4.78 is 2.76. The lowest BCUT2D eigenvalue weighted by Crippen LogP contribution is -2.48. The smallest absolute Gasteiger partial charge is 0.332 e. The summed E-state index contributed by atoms with van der Waals surface area (Å²) in [4.78, 5) is 41.6. The molecule has 144 valence electrons. The van der Waals surface area contributed by atoms with Gasteiger partial charge in [0, 0.05) is 45.8 Å². The van der Waals surface area contributed by atoms with E-state index in [-0.39, 0.29) is 23.1 Å². The van der Waals surface area contributed by atoms with E-state index in [4.69, 9.17) is 0 Å². The van der Waals surface area contributed by atoms with Crippen molar-refractivity contribution in [3.05, 3.63) is 26.9 Å². The number of rotatable bonds is 3. The summed E-state index contributed by atoms with van der Waals surface area (Å²) in [6, 6.07) is 1.53. The number of hydrogen-bond acceptors (Lipinski definition) is 4. The van der Waals surface area contributed by atoms with E-state index in [2.05, 4.69) is 4.90 Å². The second-order valence-corrected chi connectivity index (χ2v) is 7.45. The first kappa shape index (κ1) is 18.7. The third-order valence-corrected chi connectivity index (χ3v) is 5.71. The Morgan fingerprint density at radius 1 is 1.08 bits per heavy atom. The standard InChI is InChI=1S/C19H30N4O3/c1-3-23-16(13-17(24)20(2)19(23)26)22-12-8-9-15(14-22)18(25)21-10-6-4-5-7-11-21/h13,15H,3-12,14H2,1-2H3. The largest absolute Gasteiger partial charge is 0.357 e. The summed E-state index contributed by atoms with van der Waals surface area (Å²) in [6.07, 6.45) is 6.37. The molecule has 1 amide bonds. The van der Waals surface area contributed by atoms with Crippen LogP contribution in [0.15, 0.2) is 15.7 Å². The first-order chi connectivity index (χ1) is 12.5. The lowest BCUT2D eigenvalue weighted by molar-refractivity contribution is -0.135. The van der Waals surface area contributed by atoms with Gasteiger partial charge in [0.1, 0.15) is 5.82 Å². The molecular weight excluding hydrogens is 332 g/mol. The van der Waals surface area contributed by atoms with Gasteiger partial charge in [-0.2, -0.15) is 0 Å². The molecule has 1 atom stereocenters. The second-order valence-electron chi connectivity index (χ2n) is 7.45. The number of amides is 1. The van der Waals surface area contributed by atoms with Crippen molar-refractivity contribution in [2.45, 2.75) is 52.0 Å². The molecule has 0 bridgehead atoms. The van der Waals surface area contributed by atoms with Crippen molar-refractivity contribution < 1.29 is 4.79 Å². The van der Waals surface area contributed by atoms with Crippen molar-refractivity contribution in [3.8, 4) is 0 Å². The number of anilines is 1. The van der Waals surface area contributed by atoms with E-state index in [0.717, 1.165) is 49.9 Å². The zero-order chi connectivity index (χ0) is 18.7. The van der Waals surface area contributed by atoms with E-state index in [0.29, 0.717) is 18.9 Å². The zero-order valence-electron chi connectivity index (χ0n) is 15.9. The fourth-order valence-electron chi connectivity index (χ4n) is 4.15. The molecule has 2 fully saturated rings. The van der Waals surface area contributed by atoms with E-state index in [1.165, 1.54) is 26.0 Å². The normalized spacial score (nSPS) is 21.5. The number of aromatic nitrogens is 2. The van der Waals surface area contributed by atoms with Crippen molar-refractivity contribution in [1.82, 2.24) is 14.0 Å². The van der Waals surface area contributed by atoms with Gasteiger partial charge in [-0.3, -0.25) is 18.7 Å². The van der Waals surface area contributed by atoms with Crippen LogP contribution in [0.3, 0.4) is 0 Å². The van der Waals surface area contributed by atoms with Gasteiger partial charge < -0.3 is 9.80 Å². The van der Waals surface area contributed by atoms with E-state index in [1.54, 1.807) is 4.57 Å². The van der Waals surface area contributed by atoms with Crippen LogP contribution in [-0.2, 0) is 18.4 Å². The molecule has 0 saturated carbocycles. The summed E-state index contributed by atoms with van der Waals surface area (Å²) in [5.74, 6) is 0.839. The molecule has 0 aromatic carbocycles. The molecule has 0 N–H and O–H groups in total. The van der Waals surface area contributed by atoms with Crippen molar-refractivity contribution in [3.63, 3.8) is 0 Å². The van der Waals surface area contributed by atoms with Crippen molar-refractivity contribution >= 4 is 11.7 Å². The maximum Gasteiger partial charge on any atom is 0.332 e. The molecule has 0 aliphatic carbocycles. The highest BCUT2D eigenvalue weighted by Gasteiger charge is 2.30. The van der Waals surface area contributed by atoms with E-state index < -0.39 is 0 Å². The molecule has 0 radical (unpaired) electrons. The lowest BCUT2D eigenvalue weighted by Gasteiger charge is -2.36. The molecule has 2 aliphatic rings. The summed E-state index contributed by atoms with van der Waals surface area (Å²) >= 11 is 0. The van der Waals surface area contributed by atoms with Crippen LogP contribution in [0.5, 0.6) is 0 Å². The topological polar surface area (TPSA) is 67.6 Å². The Morgan fingerprint density at radius 2 is 1.77 bits per heavy atom. The highest BCUT2D eigenvalue weighted by atomic mass is 16.2. The van der Waals surface area contributed by atoms with Crippen LogP contribution in [0, 0.1) is 5.92 Å². The van der Waals surface area contributed by atoms with Crippen molar-refractivity contribution in [2.75, 3.05) is 31.1 Å². The minimum Gasteiger partial charge on any atom is -0.357 e. The number of piperidine rings is 1. The highest BCUT2D eigenvalue weighted by molar-refractivity contribution is 5.79. The van der Waals surface area contributed by atoms with Crippen LogP contribution in [0.1, 0.15) is 45.4 Å². The Balaban J connectivity index is 1.81. The van der Waals surface area contributed by atoms with E-state index in [1.807, 2.05) is 11.8 Å². The average molecular weight is 362 g/mol. The minimum absolute atomic E-state index is 0.0497. The van der Waals surface area contributed by atoms with Gasteiger partial charge in [0.25, 0.3) is 5.56 Å². The Morgan fingerprint density at radius 3 is 2.42 bits per heavy atom. The van der Waals surface area contributed by atoms with Crippen LogP contribution >= 0.6 is 0 Å². The van der Waals surface area contributed by atoms with Gasteiger partial charge in [0.15, 0.2) is 0 Å². The number of hydrogen-bond donors (Lipinski definition) is 0. The first-order valence-electron chi connectivity index (χ1n) is 9.87. The Bertz CT molecular complexity index is 759. The van der Waals surface area contributed by atoms with Gasteiger partial charge in [-0.1, -0.05) is 12.8 Å². The molecule has 3 rings (SSSR count). The molecule has 1 aromatic heterocycles.